The number of imidazole rings is 1. The van der Waals surface area contributed by atoms with Gasteiger partial charge in [0.05, 0.1) is 11.3 Å². The number of aromatic nitrogens is 2. The molecule has 0 aliphatic heterocycles. The Labute approximate surface area is 120 Å². The van der Waals surface area contributed by atoms with Crippen molar-refractivity contribution < 1.29 is 0 Å². The van der Waals surface area contributed by atoms with Crippen molar-refractivity contribution in [2.75, 3.05) is 0 Å². The van der Waals surface area contributed by atoms with Crippen LogP contribution in [0.2, 0.25) is 0 Å². The second kappa shape index (κ2) is 6.36. The molecule has 2 rings (SSSR count). The molecule has 1 N–H and O–H groups in total. The Kier molecular flexibility index (Phi) is 4.54. The van der Waals surface area contributed by atoms with E-state index < -0.39 is 0 Å². The summed E-state index contributed by atoms with van der Waals surface area (Å²) in [6, 6.07) is 8.72. The molecule has 0 aliphatic carbocycles. The number of nitriles is 1. The van der Waals surface area contributed by atoms with Gasteiger partial charge in [0.25, 0.3) is 0 Å². The van der Waals surface area contributed by atoms with Crippen molar-refractivity contribution in [2.45, 2.75) is 39.8 Å². The fourth-order valence-corrected chi connectivity index (χ4v) is 2.13. The van der Waals surface area contributed by atoms with Gasteiger partial charge in [0, 0.05) is 31.4 Å². The molecule has 1 aromatic carbocycles. The van der Waals surface area contributed by atoms with Crippen molar-refractivity contribution in [1.29, 1.82) is 5.26 Å². The maximum absolute atomic E-state index is 9.38. The molecule has 0 spiro atoms. The minimum absolute atomic E-state index is 0.431. The van der Waals surface area contributed by atoms with Crippen molar-refractivity contribution in [1.82, 2.24) is 14.9 Å². The Morgan fingerprint density at radius 2 is 2.20 bits per heavy atom. The first kappa shape index (κ1) is 14.3. The van der Waals surface area contributed by atoms with E-state index in [-0.39, 0.29) is 0 Å². The summed E-state index contributed by atoms with van der Waals surface area (Å²) in [5.41, 5.74) is 2.70. The highest BCUT2D eigenvalue weighted by molar-refractivity contribution is 5.51. The standard InChI is InChI=1S/C16H20N4/c1-4-16-18-7-8-20(16)15-6-5-13(9-14(15)10-17)11-19-12(2)3/h5-9,12,19H,4,11H2,1-3H3. The maximum Gasteiger partial charge on any atom is 0.112 e. The minimum atomic E-state index is 0.431. The normalized spacial score (nSPS) is 10.8. The van der Waals surface area contributed by atoms with Crippen LogP contribution in [0.25, 0.3) is 5.69 Å². The van der Waals surface area contributed by atoms with E-state index in [0.717, 1.165) is 30.0 Å². The van der Waals surface area contributed by atoms with Gasteiger partial charge in [0.1, 0.15) is 11.9 Å². The van der Waals surface area contributed by atoms with E-state index in [4.69, 9.17) is 0 Å². The molecule has 0 unspecified atom stereocenters. The van der Waals surface area contributed by atoms with Crippen LogP contribution in [0.5, 0.6) is 0 Å². The predicted octanol–water partition coefficient (Wildman–Crippen LogP) is 2.80. The molecule has 0 atom stereocenters. The van der Waals surface area contributed by atoms with Crippen molar-refractivity contribution in [2.24, 2.45) is 0 Å². The molecule has 104 valence electrons. The zero-order valence-electron chi connectivity index (χ0n) is 12.2. The highest BCUT2D eigenvalue weighted by atomic mass is 15.1. The monoisotopic (exact) mass is 268 g/mol. The molecule has 0 radical (unpaired) electrons. The van der Waals surface area contributed by atoms with E-state index >= 15 is 0 Å². The van der Waals surface area contributed by atoms with Gasteiger partial charge in [-0.05, 0) is 17.7 Å². The summed E-state index contributed by atoms with van der Waals surface area (Å²) in [6.45, 7) is 7.06. The summed E-state index contributed by atoms with van der Waals surface area (Å²) in [5, 5.41) is 12.7. The molecule has 2 aromatic rings. The summed E-state index contributed by atoms with van der Waals surface area (Å²) in [7, 11) is 0. The second-order valence-corrected chi connectivity index (χ2v) is 5.07. The third-order valence-electron chi connectivity index (χ3n) is 3.19. The number of nitrogens with one attached hydrogen (secondary N) is 1. The number of hydrogen-bond donors (Lipinski definition) is 1. The fourth-order valence-electron chi connectivity index (χ4n) is 2.13. The van der Waals surface area contributed by atoms with Crippen molar-refractivity contribution in [3.8, 4) is 11.8 Å². The smallest absolute Gasteiger partial charge is 0.112 e. The van der Waals surface area contributed by atoms with Gasteiger partial charge >= 0.3 is 0 Å². The highest BCUT2D eigenvalue weighted by Gasteiger charge is 2.09. The second-order valence-electron chi connectivity index (χ2n) is 5.07. The van der Waals surface area contributed by atoms with Gasteiger partial charge in [0.15, 0.2) is 0 Å². The largest absolute Gasteiger partial charge is 0.310 e. The highest BCUT2D eigenvalue weighted by Crippen LogP contribution is 2.18. The number of hydrogen-bond acceptors (Lipinski definition) is 3. The first-order valence-electron chi connectivity index (χ1n) is 6.94. The van der Waals surface area contributed by atoms with Crippen LogP contribution in [0, 0.1) is 11.3 Å². The maximum atomic E-state index is 9.38. The minimum Gasteiger partial charge on any atom is -0.310 e. The van der Waals surface area contributed by atoms with Crippen LogP contribution in [0.3, 0.4) is 0 Å². The van der Waals surface area contributed by atoms with Gasteiger partial charge in [-0.2, -0.15) is 5.26 Å². The molecule has 0 saturated heterocycles. The SMILES string of the molecule is CCc1nccn1-c1ccc(CNC(C)C)cc1C#N. The van der Waals surface area contributed by atoms with Crippen LogP contribution >= 0.6 is 0 Å². The lowest BCUT2D eigenvalue weighted by Crippen LogP contribution is -2.21. The average molecular weight is 268 g/mol. The number of benzene rings is 1. The van der Waals surface area contributed by atoms with Gasteiger partial charge in [-0.3, -0.25) is 0 Å². The molecule has 4 nitrogen and oxygen atoms in total. The zero-order chi connectivity index (χ0) is 14.5. The van der Waals surface area contributed by atoms with Crippen LogP contribution in [-0.4, -0.2) is 15.6 Å². The lowest BCUT2D eigenvalue weighted by atomic mass is 10.1. The van der Waals surface area contributed by atoms with Crippen LogP contribution < -0.4 is 5.32 Å². The molecular formula is C16H20N4. The average Bonchev–Trinajstić information content (AvgIpc) is 2.92. The molecule has 0 aliphatic rings. The van der Waals surface area contributed by atoms with Crippen LogP contribution in [0.4, 0.5) is 0 Å². The molecular weight excluding hydrogens is 248 g/mol. The van der Waals surface area contributed by atoms with E-state index in [0.29, 0.717) is 11.6 Å². The Balaban J connectivity index is 2.34. The van der Waals surface area contributed by atoms with E-state index in [1.165, 1.54) is 0 Å². The molecule has 20 heavy (non-hydrogen) atoms. The summed E-state index contributed by atoms with van der Waals surface area (Å²) < 4.78 is 1.98. The predicted molar refractivity (Wildman–Crippen MR) is 79.6 cm³/mol. The van der Waals surface area contributed by atoms with Crippen molar-refractivity contribution in [3.05, 3.63) is 47.5 Å². The lowest BCUT2D eigenvalue weighted by molar-refractivity contribution is 0.589. The summed E-state index contributed by atoms with van der Waals surface area (Å²) in [6.07, 6.45) is 4.52. The first-order chi connectivity index (χ1) is 9.65. The van der Waals surface area contributed by atoms with Gasteiger partial charge in [0.2, 0.25) is 0 Å². The van der Waals surface area contributed by atoms with E-state index in [1.807, 2.05) is 22.9 Å². The van der Waals surface area contributed by atoms with Gasteiger partial charge in [-0.15, -0.1) is 0 Å². The first-order valence-corrected chi connectivity index (χ1v) is 6.94. The number of rotatable bonds is 5. The molecule has 0 saturated carbocycles. The molecule has 0 fully saturated rings. The topological polar surface area (TPSA) is 53.6 Å². The number of aryl methyl sites for hydroxylation is 1. The summed E-state index contributed by atoms with van der Waals surface area (Å²) in [4.78, 5) is 4.31. The van der Waals surface area contributed by atoms with E-state index in [9.17, 15) is 5.26 Å². The van der Waals surface area contributed by atoms with E-state index in [2.05, 4.69) is 43.2 Å². The summed E-state index contributed by atoms with van der Waals surface area (Å²) >= 11 is 0. The quantitative estimate of drug-likeness (QED) is 0.907. The molecule has 4 heteroatoms. The molecule has 0 bridgehead atoms. The summed E-state index contributed by atoms with van der Waals surface area (Å²) in [5.74, 6) is 0.967. The Morgan fingerprint density at radius 1 is 1.40 bits per heavy atom. The molecule has 1 aromatic heterocycles. The van der Waals surface area contributed by atoms with Crippen molar-refractivity contribution >= 4 is 0 Å². The Bertz CT molecular complexity index is 620. The molecule has 1 heterocycles. The van der Waals surface area contributed by atoms with Crippen LogP contribution in [0.1, 0.15) is 37.7 Å². The third-order valence-corrected chi connectivity index (χ3v) is 3.19. The number of nitrogens with zero attached hydrogens (tertiary/aromatic N) is 3. The lowest BCUT2D eigenvalue weighted by Gasteiger charge is -2.12. The fraction of sp³-hybridized carbons (Fsp3) is 0.375. The molecule has 0 amide bonds. The van der Waals surface area contributed by atoms with Crippen molar-refractivity contribution in [3.63, 3.8) is 0 Å². The van der Waals surface area contributed by atoms with Crippen LogP contribution in [0.15, 0.2) is 30.6 Å². The zero-order valence-corrected chi connectivity index (χ0v) is 12.2. The van der Waals surface area contributed by atoms with Crippen LogP contribution in [-0.2, 0) is 13.0 Å². The van der Waals surface area contributed by atoms with Gasteiger partial charge in [-0.25, -0.2) is 4.98 Å². The van der Waals surface area contributed by atoms with Gasteiger partial charge < -0.3 is 9.88 Å². The Morgan fingerprint density at radius 3 is 2.85 bits per heavy atom. The third kappa shape index (κ3) is 3.06. The van der Waals surface area contributed by atoms with Gasteiger partial charge in [-0.1, -0.05) is 26.8 Å². The van der Waals surface area contributed by atoms with E-state index in [1.54, 1.807) is 6.20 Å². The Hall–Kier alpha value is -2.12.